The second-order valence-electron chi connectivity index (χ2n) is 7.85. The molecule has 9 nitrogen and oxygen atoms in total. The maximum Gasteiger partial charge on any atom is 0.404 e. The van der Waals surface area contributed by atoms with Crippen LogP contribution in [0.2, 0.25) is 0 Å². The molecule has 170 valence electrons. The first-order valence-electron chi connectivity index (χ1n) is 10.6. The van der Waals surface area contributed by atoms with Crippen molar-refractivity contribution in [2.24, 2.45) is 5.73 Å². The summed E-state index contributed by atoms with van der Waals surface area (Å²) in [5, 5.41) is 9.02. The molecule has 1 aliphatic rings. The van der Waals surface area contributed by atoms with Gasteiger partial charge in [-0.3, -0.25) is 4.90 Å². The fraction of sp³-hybridized carbons (Fsp3) is 0.250. The predicted molar refractivity (Wildman–Crippen MR) is 123 cm³/mol. The highest BCUT2D eigenvalue weighted by atomic mass is 16.5. The second kappa shape index (κ2) is 10.1. The van der Waals surface area contributed by atoms with E-state index < -0.39 is 12.1 Å². The Morgan fingerprint density at radius 2 is 1.64 bits per heavy atom. The fourth-order valence-electron chi connectivity index (χ4n) is 3.75. The summed E-state index contributed by atoms with van der Waals surface area (Å²) >= 11 is 0. The first kappa shape index (κ1) is 22.2. The van der Waals surface area contributed by atoms with Crippen LogP contribution in [0.3, 0.4) is 0 Å². The maximum absolute atomic E-state index is 11.0. The molecule has 0 aliphatic carbocycles. The van der Waals surface area contributed by atoms with Crippen LogP contribution < -0.4 is 10.6 Å². The number of aromatic carboxylic acids is 1. The van der Waals surface area contributed by atoms with Crippen molar-refractivity contribution in [2.75, 3.05) is 31.1 Å². The third-order valence-electron chi connectivity index (χ3n) is 5.54. The van der Waals surface area contributed by atoms with Crippen LogP contribution in [-0.4, -0.2) is 58.2 Å². The summed E-state index contributed by atoms with van der Waals surface area (Å²) in [6.07, 6.45) is 2.80. The zero-order chi connectivity index (χ0) is 23.2. The van der Waals surface area contributed by atoms with Crippen LogP contribution in [-0.2, 0) is 17.9 Å². The minimum absolute atomic E-state index is 0.121. The molecule has 3 N–H and O–H groups in total. The van der Waals surface area contributed by atoms with Gasteiger partial charge in [0.15, 0.2) is 0 Å². The van der Waals surface area contributed by atoms with Crippen LogP contribution in [0.25, 0.3) is 11.1 Å². The highest BCUT2D eigenvalue weighted by molar-refractivity contribution is 5.87. The Morgan fingerprint density at radius 3 is 2.27 bits per heavy atom. The average Bonchev–Trinajstić information content (AvgIpc) is 2.84. The van der Waals surface area contributed by atoms with Gasteiger partial charge < -0.3 is 20.5 Å². The number of aromatic nitrogens is 2. The number of anilines is 1. The van der Waals surface area contributed by atoms with Gasteiger partial charge in [0, 0.05) is 50.7 Å². The van der Waals surface area contributed by atoms with Crippen molar-refractivity contribution in [1.29, 1.82) is 0 Å². The summed E-state index contributed by atoms with van der Waals surface area (Å²) in [6, 6.07) is 14.6. The number of carbonyl (C=O) groups excluding carboxylic acids is 1. The highest BCUT2D eigenvalue weighted by Crippen LogP contribution is 2.21. The molecule has 2 aromatic carbocycles. The lowest BCUT2D eigenvalue weighted by Gasteiger charge is -2.34. The number of nitrogens with zero attached hydrogens (tertiary/aromatic N) is 4. The van der Waals surface area contributed by atoms with Gasteiger partial charge in [0.25, 0.3) is 0 Å². The van der Waals surface area contributed by atoms with E-state index in [2.05, 4.69) is 19.8 Å². The Labute approximate surface area is 191 Å². The van der Waals surface area contributed by atoms with E-state index in [1.807, 2.05) is 36.4 Å². The van der Waals surface area contributed by atoms with E-state index in [0.29, 0.717) is 11.5 Å². The summed E-state index contributed by atoms with van der Waals surface area (Å²) in [4.78, 5) is 35.4. The van der Waals surface area contributed by atoms with Gasteiger partial charge in [-0.05, 0) is 34.9 Å². The lowest BCUT2D eigenvalue weighted by molar-refractivity contribution is 0.0696. The van der Waals surface area contributed by atoms with Gasteiger partial charge in [0.05, 0.1) is 5.56 Å². The number of amides is 1. The van der Waals surface area contributed by atoms with E-state index in [1.165, 1.54) is 0 Å². The van der Waals surface area contributed by atoms with E-state index >= 15 is 0 Å². The lowest BCUT2D eigenvalue weighted by atomic mass is 10.1. The molecular weight excluding hydrogens is 422 g/mol. The van der Waals surface area contributed by atoms with Crippen molar-refractivity contribution in [3.63, 3.8) is 0 Å². The molecule has 33 heavy (non-hydrogen) atoms. The van der Waals surface area contributed by atoms with Crippen molar-refractivity contribution in [1.82, 2.24) is 14.9 Å². The summed E-state index contributed by atoms with van der Waals surface area (Å²) in [7, 11) is 0. The summed E-state index contributed by atoms with van der Waals surface area (Å²) in [5.74, 6) is -0.219. The van der Waals surface area contributed by atoms with E-state index in [1.54, 1.807) is 24.5 Å². The van der Waals surface area contributed by atoms with E-state index in [-0.39, 0.29) is 6.61 Å². The van der Waals surface area contributed by atoms with E-state index in [9.17, 15) is 9.59 Å². The molecule has 1 aliphatic heterocycles. The number of hydrogen-bond acceptors (Lipinski definition) is 7. The Bertz CT molecular complexity index is 1110. The minimum Gasteiger partial charge on any atom is -0.478 e. The molecule has 0 bridgehead atoms. The number of benzene rings is 2. The van der Waals surface area contributed by atoms with Crippen molar-refractivity contribution in [3.8, 4) is 11.1 Å². The molecule has 0 spiro atoms. The number of carboxylic acid groups (broad SMARTS) is 1. The summed E-state index contributed by atoms with van der Waals surface area (Å²) in [5.41, 5.74) is 9.08. The van der Waals surface area contributed by atoms with Crippen molar-refractivity contribution in [3.05, 3.63) is 77.6 Å². The monoisotopic (exact) mass is 447 g/mol. The van der Waals surface area contributed by atoms with Crippen LogP contribution in [0.5, 0.6) is 0 Å². The van der Waals surface area contributed by atoms with Crippen LogP contribution in [0, 0.1) is 0 Å². The van der Waals surface area contributed by atoms with Gasteiger partial charge in [0.2, 0.25) is 5.95 Å². The van der Waals surface area contributed by atoms with Gasteiger partial charge in [-0.15, -0.1) is 0 Å². The van der Waals surface area contributed by atoms with Crippen LogP contribution in [0.15, 0.2) is 60.9 Å². The number of rotatable bonds is 7. The van der Waals surface area contributed by atoms with Gasteiger partial charge in [-0.1, -0.05) is 30.3 Å². The molecule has 1 amide bonds. The standard InChI is InChI=1S/C24H25N5O4/c25-23(32)33-16-18-2-1-3-20(12-18)21-13-26-24(27-14-21)29-10-8-28(9-11-29)15-17-4-6-19(7-5-17)22(30)31/h1-7,12-14H,8-11,15-16H2,(H2,25,32)(H,30,31). The Balaban J connectivity index is 1.32. The molecule has 0 radical (unpaired) electrons. The molecule has 0 saturated carbocycles. The molecular formula is C24H25N5O4. The summed E-state index contributed by atoms with van der Waals surface area (Å²) in [6.45, 7) is 4.26. The number of ether oxygens (including phenoxy) is 1. The molecule has 1 aromatic heterocycles. The normalized spacial score (nSPS) is 14.1. The number of carbonyl (C=O) groups is 2. The van der Waals surface area contributed by atoms with Gasteiger partial charge in [-0.2, -0.15) is 0 Å². The van der Waals surface area contributed by atoms with E-state index in [4.69, 9.17) is 15.6 Å². The summed E-state index contributed by atoms with van der Waals surface area (Å²) < 4.78 is 4.85. The quantitative estimate of drug-likeness (QED) is 0.567. The van der Waals surface area contributed by atoms with Crippen LogP contribution in [0.4, 0.5) is 10.7 Å². The number of hydrogen-bond donors (Lipinski definition) is 2. The molecule has 9 heteroatoms. The van der Waals surface area contributed by atoms with Gasteiger partial charge in [0.1, 0.15) is 6.61 Å². The highest BCUT2D eigenvalue weighted by Gasteiger charge is 2.19. The van der Waals surface area contributed by atoms with Crippen LogP contribution >= 0.6 is 0 Å². The molecule has 1 saturated heterocycles. The Kier molecular flexibility index (Phi) is 6.80. The molecule has 1 fully saturated rings. The van der Waals surface area contributed by atoms with E-state index in [0.717, 1.165) is 55.0 Å². The zero-order valence-electron chi connectivity index (χ0n) is 18.1. The van der Waals surface area contributed by atoms with Gasteiger partial charge in [-0.25, -0.2) is 19.6 Å². The van der Waals surface area contributed by atoms with Crippen molar-refractivity contribution in [2.45, 2.75) is 13.2 Å². The fourth-order valence-corrected chi connectivity index (χ4v) is 3.75. The SMILES string of the molecule is NC(=O)OCc1cccc(-c2cnc(N3CCN(Cc4ccc(C(=O)O)cc4)CC3)nc2)c1. The number of primary amides is 1. The minimum atomic E-state index is -0.911. The Morgan fingerprint density at radius 1 is 0.939 bits per heavy atom. The smallest absolute Gasteiger partial charge is 0.404 e. The Hall–Kier alpha value is -3.98. The van der Waals surface area contributed by atoms with Crippen molar-refractivity contribution < 1.29 is 19.4 Å². The number of piperazine rings is 1. The zero-order valence-corrected chi connectivity index (χ0v) is 18.1. The number of carboxylic acids is 1. The molecule has 0 atom stereocenters. The predicted octanol–water partition coefficient (Wildman–Crippen LogP) is 2.76. The largest absolute Gasteiger partial charge is 0.478 e. The molecule has 3 aromatic rings. The third kappa shape index (κ3) is 5.83. The molecule has 4 rings (SSSR count). The van der Waals surface area contributed by atoms with Crippen molar-refractivity contribution >= 4 is 18.0 Å². The second-order valence-corrected chi connectivity index (χ2v) is 7.85. The average molecular weight is 447 g/mol. The maximum atomic E-state index is 11.0. The lowest BCUT2D eigenvalue weighted by Crippen LogP contribution is -2.46. The molecule has 0 unspecified atom stereocenters. The van der Waals surface area contributed by atoms with Crippen LogP contribution in [0.1, 0.15) is 21.5 Å². The number of nitrogens with two attached hydrogens (primary N) is 1. The first-order valence-corrected chi connectivity index (χ1v) is 10.6. The van der Waals surface area contributed by atoms with Gasteiger partial charge >= 0.3 is 12.1 Å². The third-order valence-corrected chi connectivity index (χ3v) is 5.54. The first-order chi connectivity index (χ1) is 16.0. The topological polar surface area (TPSA) is 122 Å². The molecule has 2 heterocycles.